The summed E-state index contributed by atoms with van der Waals surface area (Å²) >= 11 is 0. The minimum absolute atomic E-state index is 0.00409. The monoisotopic (exact) mass is 273 g/mol. The van der Waals surface area contributed by atoms with E-state index in [4.69, 9.17) is 0 Å². The lowest BCUT2D eigenvalue weighted by Gasteiger charge is -2.23. The Morgan fingerprint density at radius 3 is 2.85 bits per heavy atom. The second-order valence-corrected chi connectivity index (χ2v) is 5.53. The molecule has 2 aliphatic rings. The molecule has 2 amide bonds. The predicted octanol–water partition coefficient (Wildman–Crippen LogP) is 0.751. The molecule has 20 heavy (non-hydrogen) atoms. The first kappa shape index (κ1) is 13.1. The Kier molecular flexibility index (Phi) is 3.67. The van der Waals surface area contributed by atoms with Crippen LogP contribution in [0.2, 0.25) is 0 Å². The average Bonchev–Trinajstić information content (AvgIpc) is 3.29. The first-order valence-electron chi connectivity index (χ1n) is 7.22. The van der Waals surface area contributed by atoms with Gasteiger partial charge >= 0.3 is 0 Å². The van der Waals surface area contributed by atoms with Gasteiger partial charge in [-0.05, 0) is 30.9 Å². The second kappa shape index (κ2) is 5.61. The molecule has 0 spiro atoms. The van der Waals surface area contributed by atoms with Gasteiger partial charge in [-0.1, -0.05) is 6.07 Å². The summed E-state index contributed by atoms with van der Waals surface area (Å²) in [6.45, 7) is 1.15. The molecule has 3 rings (SSSR count). The molecule has 2 heterocycles. The molecule has 1 aromatic rings. The zero-order chi connectivity index (χ0) is 13.9. The Labute approximate surface area is 118 Å². The largest absolute Gasteiger partial charge is 0.344 e. The highest BCUT2D eigenvalue weighted by atomic mass is 16.2. The van der Waals surface area contributed by atoms with Gasteiger partial charge < -0.3 is 10.2 Å². The number of amides is 2. The number of hydrogen-bond acceptors (Lipinski definition) is 3. The minimum atomic E-state index is -0.297. The van der Waals surface area contributed by atoms with Crippen LogP contribution in [0.5, 0.6) is 0 Å². The number of carbonyl (C=O) groups is 2. The number of rotatable bonds is 4. The Balaban J connectivity index is 1.64. The smallest absolute Gasteiger partial charge is 0.245 e. The van der Waals surface area contributed by atoms with E-state index >= 15 is 0 Å². The summed E-state index contributed by atoms with van der Waals surface area (Å²) in [6, 6.07) is 5.50. The molecule has 1 saturated heterocycles. The lowest BCUT2D eigenvalue weighted by Crippen LogP contribution is -2.46. The van der Waals surface area contributed by atoms with Gasteiger partial charge in [-0.3, -0.25) is 14.6 Å². The molecule has 106 valence electrons. The van der Waals surface area contributed by atoms with E-state index in [0.717, 1.165) is 25.0 Å². The van der Waals surface area contributed by atoms with Crippen molar-refractivity contribution in [2.45, 2.75) is 31.7 Å². The van der Waals surface area contributed by atoms with E-state index in [0.29, 0.717) is 25.4 Å². The normalized spacial score (nSPS) is 23.4. The van der Waals surface area contributed by atoms with Gasteiger partial charge in [0, 0.05) is 37.8 Å². The third-order valence-electron chi connectivity index (χ3n) is 3.96. The number of nitrogens with one attached hydrogen (secondary N) is 1. The zero-order valence-electron chi connectivity index (χ0n) is 11.4. The van der Waals surface area contributed by atoms with Gasteiger partial charge in [-0.2, -0.15) is 0 Å². The molecule has 0 aromatic carbocycles. The SMILES string of the molecule is O=C1CCN(CCc2ccccn2)C(=O)C(C2CC2)N1. The Morgan fingerprint density at radius 2 is 2.15 bits per heavy atom. The Hall–Kier alpha value is -1.91. The molecule has 1 unspecified atom stereocenters. The molecule has 1 aromatic heterocycles. The van der Waals surface area contributed by atoms with E-state index < -0.39 is 0 Å². The van der Waals surface area contributed by atoms with Crippen molar-refractivity contribution in [2.24, 2.45) is 5.92 Å². The first-order chi connectivity index (χ1) is 9.74. The van der Waals surface area contributed by atoms with Crippen LogP contribution in [0, 0.1) is 5.92 Å². The van der Waals surface area contributed by atoms with Gasteiger partial charge in [0.1, 0.15) is 6.04 Å². The van der Waals surface area contributed by atoms with Crippen molar-refractivity contribution in [2.75, 3.05) is 13.1 Å². The van der Waals surface area contributed by atoms with Gasteiger partial charge in [0.2, 0.25) is 11.8 Å². The van der Waals surface area contributed by atoms with Crippen LogP contribution in [0.1, 0.15) is 25.0 Å². The Morgan fingerprint density at radius 1 is 1.30 bits per heavy atom. The Bertz CT molecular complexity index is 499. The predicted molar refractivity (Wildman–Crippen MR) is 73.8 cm³/mol. The molecule has 1 N–H and O–H groups in total. The highest BCUT2D eigenvalue weighted by molar-refractivity contribution is 5.90. The second-order valence-electron chi connectivity index (χ2n) is 5.53. The van der Waals surface area contributed by atoms with E-state index in [1.54, 1.807) is 6.20 Å². The van der Waals surface area contributed by atoms with E-state index in [9.17, 15) is 9.59 Å². The van der Waals surface area contributed by atoms with Crippen molar-refractivity contribution < 1.29 is 9.59 Å². The van der Waals surface area contributed by atoms with Gasteiger partial charge in [0.05, 0.1) is 0 Å². The maximum atomic E-state index is 12.5. The molecule has 5 nitrogen and oxygen atoms in total. The van der Waals surface area contributed by atoms with Crippen molar-refractivity contribution in [1.29, 1.82) is 0 Å². The molecular weight excluding hydrogens is 254 g/mol. The molecule has 0 bridgehead atoms. The third-order valence-corrected chi connectivity index (χ3v) is 3.96. The van der Waals surface area contributed by atoms with Gasteiger partial charge in [-0.15, -0.1) is 0 Å². The molecular formula is C15H19N3O2. The molecule has 2 fully saturated rings. The van der Waals surface area contributed by atoms with E-state index in [2.05, 4.69) is 10.3 Å². The van der Waals surface area contributed by atoms with Crippen molar-refractivity contribution in [3.8, 4) is 0 Å². The van der Waals surface area contributed by atoms with Gasteiger partial charge in [-0.25, -0.2) is 0 Å². The fourth-order valence-electron chi connectivity index (χ4n) is 2.62. The van der Waals surface area contributed by atoms with Crippen molar-refractivity contribution in [1.82, 2.24) is 15.2 Å². The number of nitrogens with zero attached hydrogens (tertiary/aromatic N) is 2. The minimum Gasteiger partial charge on any atom is -0.344 e. The summed E-state index contributed by atoms with van der Waals surface area (Å²) in [5.41, 5.74) is 0.979. The van der Waals surface area contributed by atoms with Crippen LogP contribution in [0.3, 0.4) is 0 Å². The summed E-state index contributed by atoms with van der Waals surface area (Å²) in [5.74, 6) is 0.423. The van der Waals surface area contributed by atoms with Crippen molar-refractivity contribution in [3.63, 3.8) is 0 Å². The lowest BCUT2D eigenvalue weighted by atomic mass is 10.1. The summed E-state index contributed by atoms with van der Waals surface area (Å²) in [4.78, 5) is 30.3. The zero-order valence-corrected chi connectivity index (χ0v) is 11.4. The maximum Gasteiger partial charge on any atom is 0.245 e. The topological polar surface area (TPSA) is 62.3 Å². The lowest BCUT2D eigenvalue weighted by molar-refractivity contribution is -0.134. The molecule has 0 radical (unpaired) electrons. The molecule has 1 saturated carbocycles. The molecule has 1 aliphatic heterocycles. The number of pyridine rings is 1. The van der Waals surface area contributed by atoms with Crippen LogP contribution < -0.4 is 5.32 Å². The highest BCUT2D eigenvalue weighted by Crippen LogP contribution is 2.34. The third kappa shape index (κ3) is 2.98. The van der Waals surface area contributed by atoms with Crippen molar-refractivity contribution in [3.05, 3.63) is 30.1 Å². The average molecular weight is 273 g/mol. The molecule has 5 heteroatoms. The van der Waals surface area contributed by atoms with Gasteiger partial charge in [0.15, 0.2) is 0 Å². The summed E-state index contributed by atoms with van der Waals surface area (Å²) in [6.07, 6.45) is 4.99. The fraction of sp³-hybridized carbons (Fsp3) is 0.533. The van der Waals surface area contributed by atoms with Gasteiger partial charge in [0.25, 0.3) is 0 Å². The van der Waals surface area contributed by atoms with Crippen LogP contribution >= 0.6 is 0 Å². The van der Waals surface area contributed by atoms with E-state index in [-0.39, 0.29) is 17.9 Å². The summed E-state index contributed by atoms with van der Waals surface area (Å²) in [5, 5.41) is 2.87. The standard InChI is InChI=1S/C15H19N3O2/c19-13-7-10-18(9-6-12-3-1-2-8-16-12)15(20)14(17-13)11-4-5-11/h1-3,8,11,14H,4-7,9-10H2,(H,17,19). The number of aromatic nitrogens is 1. The van der Waals surface area contributed by atoms with Crippen LogP contribution in [-0.4, -0.2) is 40.8 Å². The van der Waals surface area contributed by atoms with Crippen LogP contribution in [-0.2, 0) is 16.0 Å². The van der Waals surface area contributed by atoms with E-state index in [1.807, 2.05) is 23.1 Å². The van der Waals surface area contributed by atoms with Crippen LogP contribution in [0.25, 0.3) is 0 Å². The summed E-state index contributed by atoms with van der Waals surface area (Å²) in [7, 11) is 0. The number of carbonyl (C=O) groups excluding carboxylic acids is 2. The fourth-order valence-corrected chi connectivity index (χ4v) is 2.62. The quantitative estimate of drug-likeness (QED) is 0.880. The van der Waals surface area contributed by atoms with Crippen LogP contribution in [0.15, 0.2) is 24.4 Å². The first-order valence-corrected chi connectivity index (χ1v) is 7.22. The summed E-state index contributed by atoms with van der Waals surface area (Å²) < 4.78 is 0. The number of hydrogen-bond donors (Lipinski definition) is 1. The maximum absolute atomic E-state index is 12.5. The molecule has 1 atom stereocenters. The molecule has 1 aliphatic carbocycles. The highest BCUT2D eigenvalue weighted by Gasteiger charge is 2.40. The van der Waals surface area contributed by atoms with E-state index in [1.165, 1.54) is 0 Å². The van der Waals surface area contributed by atoms with Crippen molar-refractivity contribution >= 4 is 11.8 Å². The van der Waals surface area contributed by atoms with Crippen LogP contribution in [0.4, 0.5) is 0 Å².